The third-order valence-electron chi connectivity index (χ3n) is 11.8. The van der Waals surface area contributed by atoms with Crippen LogP contribution in [0, 0.1) is 0 Å². The zero-order chi connectivity index (χ0) is 36.1. The maximum absolute atomic E-state index is 2.71. The zero-order valence-corrected chi connectivity index (χ0v) is 38.7. The van der Waals surface area contributed by atoms with Crippen molar-refractivity contribution in [2.45, 2.75) is 116 Å². The maximum Gasteiger partial charge on any atom is 0.0960 e. The predicted molar refractivity (Wildman–Crippen MR) is 242 cm³/mol. The first-order valence-corrected chi connectivity index (χ1v) is 28.0. The Kier molecular flexibility index (Phi) is 11.6. The van der Waals surface area contributed by atoms with E-state index >= 15 is 0 Å². The van der Waals surface area contributed by atoms with E-state index in [9.17, 15) is 0 Å². The molecular formula is C42H54S6Si2. The minimum atomic E-state index is -2.04. The SMILES string of the molecule is CC(C)[Si](c1csc(-c2sccc2-c2sccc2-c2sccc2-c2sccc2-c2cccs2)c1[Si](C(C)C)(C(C)C)C(C)C)(C(C)C)C(C)C. The van der Waals surface area contributed by atoms with Crippen molar-refractivity contribution in [1.82, 2.24) is 0 Å². The first kappa shape index (κ1) is 38.4. The number of hydrogen-bond acceptors (Lipinski definition) is 6. The molecule has 0 saturated carbocycles. The summed E-state index contributed by atoms with van der Waals surface area (Å²) in [5.74, 6) is 0. The standard InChI is InChI=1S/C42H54S6Si2/c1-25(2)49(26(3)4,27(5)6)36-24-48-41(42(36)50(28(7)8,29(9)10)30(11)12)40-34(18-23-47-40)39-33(17-22-46-39)38-32(16-21-45-38)37-31(15-20-44-37)35-14-13-19-43-35/h13-30H,1-12H3. The van der Waals surface area contributed by atoms with Gasteiger partial charge < -0.3 is 0 Å². The van der Waals surface area contributed by atoms with E-state index < -0.39 is 16.1 Å². The van der Waals surface area contributed by atoms with Crippen LogP contribution in [0.4, 0.5) is 0 Å². The highest BCUT2D eigenvalue weighted by molar-refractivity contribution is 7.26. The molecule has 6 rings (SSSR count). The fourth-order valence-electron chi connectivity index (χ4n) is 10.3. The number of rotatable bonds is 13. The Labute approximate surface area is 328 Å². The Morgan fingerprint density at radius 1 is 0.380 bits per heavy atom. The third kappa shape index (κ3) is 6.06. The normalized spacial score (nSPS) is 13.1. The maximum atomic E-state index is 2.71. The van der Waals surface area contributed by atoms with Crippen molar-refractivity contribution in [1.29, 1.82) is 0 Å². The van der Waals surface area contributed by atoms with E-state index in [2.05, 4.69) is 163 Å². The average molecular weight is 807 g/mol. The summed E-state index contributed by atoms with van der Waals surface area (Å²) in [6.07, 6.45) is 0. The number of thiophene rings is 6. The Morgan fingerprint density at radius 3 is 1.20 bits per heavy atom. The molecule has 0 bridgehead atoms. The molecule has 0 aliphatic carbocycles. The molecule has 0 unspecified atom stereocenters. The Morgan fingerprint density at radius 2 is 0.780 bits per heavy atom. The van der Waals surface area contributed by atoms with Crippen LogP contribution in [0.25, 0.3) is 51.5 Å². The van der Waals surface area contributed by atoms with Gasteiger partial charge in [0.2, 0.25) is 0 Å². The summed E-state index contributed by atoms with van der Waals surface area (Å²) in [5, 5.41) is 17.8. The van der Waals surface area contributed by atoms with Crippen LogP contribution in [0.15, 0.2) is 68.7 Å². The van der Waals surface area contributed by atoms with Crippen molar-refractivity contribution in [3.05, 3.63) is 68.7 Å². The molecule has 0 fully saturated rings. The summed E-state index contributed by atoms with van der Waals surface area (Å²) in [5.41, 5.74) is 9.57. The van der Waals surface area contributed by atoms with Gasteiger partial charge in [0, 0.05) is 46.6 Å². The molecule has 266 valence electrons. The van der Waals surface area contributed by atoms with Gasteiger partial charge in [0.1, 0.15) is 0 Å². The van der Waals surface area contributed by atoms with Crippen molar-refractivity contribution in [2.75, 3.05) is 0 Å². The smallest absolute Gasteiger partial charge is 0.0960 e. The van der Waals surface area contributed by atoms with Crippen LogP contribution in [0.5, 0.6) is 0 Å². The molecule has 0 amide bonds. The highest BCUT2D eigenvalue weighted by Gasteiger charge is 2.54. The van der Waals surface area contributed by atoms with Crippen molar-refractivity contribution in [3.8, 4) is 51.5 Å². The van der Waals surface area contributed by atoms with E-state index in [4.69, 9.17) is 0 Å². The Bertz CT molecular complexity index is 1960. The molecule has 8 heteroatoms. The molecule has 0 saturated heterocycles. The van der Waals surface area contributed by atoms with Gasteiger partial charge in [0.15, 0.2) is 0 Å². The van der Waals surface area contributed by atoms with Crippen LogP contribution in [-0.2, 0) is 0 Å². The average Bonchev–Trinajstić information content (AvgIpc) is 3.88. The van der Waals surface area contributed by atoms with Gasteiger partial charge in [0.25, 0.3) is 0 Å². The van der Waals surface area contributed by atoms with Crippen LogP contribution in [0.2, 0.25) is 33.2 Å². The van der Waals surface area contributed by atoms with E-state index in [1.165, 1.54) is 46.6 Å². The van der Waals surface area contributed by atoms with Gasteiger partial charge in [-0.3, -0.25) is 0 Å². The lowest BCUT2D eigenvalue weighted by Gasteiger charge is -2.50. The molecular weight excluding hydrogens is 753 g/mol. The molecule has 0 atom stereocenters. The first-order chi connectivity index (χ1) is 23.8. The quantitative estimate of drug-likeness (QED) is 0.102. The third-order valence-corrected chi connectivity index (χ3v) is 32.4. The van der Waals surface area contributed by atoms with E-state index in [0.29, 0.717) is 33.2 Å². The van der Waals surface area contributed by atoms with Crippen LogP contribution in [-0.4, -0.2) is 16.1 Å². The summed E-state index contributed by atoms with van der Waals surface area (Å²) >= 11 is 11.6. The molecule has 0 N–H and O–H groups in total. The molecule has 0 spiro atoms. The highest BCUT2D eigenvalue weighted by atomic mass is 32.1. The van der Waals surface area contributed by atoms with Crippen LogP contribution in [0.1, 0.15) is 83.1 Å². The van der Waals surface area contributed by atoms with Crippen molar-refractivity contribution < 1.29 is 0 Å². The second kappa shape index (κ2) is 15.2. The zero-order valence-electron chi connectivity index (χ0n) is 31.8. The summed E-state index contributed by atoms with van der Waals surface area (Å²) in [6.45, 7) is 30.8. The van der Waals surface area contributed by atoms with Gasteiger partial charge in [-0.25, -0.2) is 0 Å². The largest absolute Gasteiger partial charge is 0.144 e. The topological polar surface area (TPSA) is 0 Å². The second-order valence-electron chi connectivity index (χ2n) is 15.8. The lowest BCUT2D eigenvalue weighted by molar-refractivity contribution is 0.828. The second-order valence-corrected chi connectivity index (χ2v) is 33.0. The molecule has 0 aromatic carbocycles. The molecule has 0 aliphatic heterocycles. The molecule has 6 aromatic rings. The Balaban J connectivity index is 1.60. The fraction of sp³-hybridized carbons (Fsp3) is 0.429. The molecule has 0 nitrogen and oxygen atoms in total. The summed E-state index contributed by atoms with van der Waals surface area (Å²) in [4.78, 5) is 8.66. The van der Waals surface area contributed by atoms with Crippen molar-refractivity contribution in [2.24, 2.45) is 0 Å². The molecule has 50 heavy (non-hydrogen) atoms. The van der Waals surface area contributed by atoms with Gasteiger partial charge in [-0.1, -0.05) is 89.2 Å². The van der Waals surface area contributed by atoms with Gasteiger partial charge in [-0.15, -0.1) is 68.0 Å². The monoisotopic (exact) mass is 806 g/mol. The predicted octanol–water partition coefficient (Wildman–Crippen LogP) is 16.2. The van der Waals surface area contributed by atoms with Gasteiger partial charge in [-0.2, -0.15) is 0 Å². The molecule has 6 heterocycles. The van der Waals surface area contributed by atoms with Crippen molar-refractivity contribution >= 4 is 94.5 Å². The van der Waals surface area contributed by atoms with Crippen LogP contribution < -0.4 is 10.4 Å². The first-order valence-electron chi connectivity index (χ1n) is 18.3. The Hall–Kier alpha value is -1.37. The van der Waals surface area contributed by atoms with E-state index in [0.717, 1.165) is 0 Å². The van der Waals surface area contributed by atoms with Crippen LogP contribution >= 0.6 is 68.0 Å². The summed E-state index contributed by atoms with van der Waals surface area (Å²) < 4.78 is 0. The van der Waals surface area contributed by atoms with Gasteiger partial charge >= 0.3 is 0 Å². The highest BCUT2D eigenvalue weighted by Crippen LogP contribution is 2.53. The minimum absolute atomic E-state index is 0.658. The van der Waals surface area contributed by atoms with Crippen LogP contribution in [0.3, 0.4) is 0 Å². The molecule has 6 aromatic heterocycles. The fourth-order valence-corrected chi connectivity index (χ4v) is 32.5. The minimum Gasteiger partial charge on any atom is -0.144 e. The summed E-state index contributed by atoms with van der Waals surface area (Å²) in [7, 11) is -3.97. The van der Waals surface area contributed by atoms with E-state index in [1.54, 1.807) is 4.88 Å². The summed E-state index contributed by atoms with van der Waals surface area (Å²) in [6, 6.07) is 13.9. The van der Waals surface area contributed by atoms with Gasteiger partial charge in [-0.05, 0) is 106 Å². The lowest BCUT2D eigenvalue weighted by atomic mass is 10.0. The van der Waals surface area contributed by atoms with E-state index in [-0.39, 0.29) is 0 Å². The van der Waals surface area contributed by atoms with Gasteiger partial charge in [0.05, 0.1) is 21.0 Å². The number of hydrogen-bond donors (Lipinski definition) is 0. The van der Waals surface area contributed by atoms with E-state index in [1.807, 2.05) is 67.1 Å². The van der Waals surface area contributed by atoms with Crippen molar-refractivity contribution in [3.63, 3.8) is 0 Å². The lowest BCUT2D eigenvalue weighted by Crippen LogP contribution is -2.68. The molecule has 0 aliphatic rings. The molecule has 0 radical (unpaired) electrons.